The first-order valence-corrected chi connectivity index (χ1v) is 15.2. The van der Waals surface area contributed by atoms with Crippen molar-refractivity contribution in [3.8, 4) is 23.1 Å². The number of halogens is 3. The van der Waals surface area contributed by atoms with Crippen LogP contribution in [0.25, 0.3) is 32.9 Å². The number of hydrogen-bond donors (Lipinski definition) is 1. The topological polar surface area (TPSA) is 75.6 Å². The quantitative estimate of drug-likeness (QED) is 0.347. The molecule has 1 N–H and O–H groups in total. The van der Waals surface area contributed by atoms with Crippen molar-refractivity contribution in [3.05, 3.63) is 48.0 Å². The minimum Gasteiger partial charge on any atom is -0.475 e. The Morgan fingerprint density at radius 1 is 1.09 bits per heavy atom. The number of nitrogens with one attached hydrogen (secondary N) is 1. The number of piperazine rings is 1. The van der Waals surface area contributed by atoms with Gasteiger partial charge in [0.25, 0.3) is 0 Å². The first kappa shape index (κ1) is 26.9. The lowest BCUT2D eigenvalue weighted by Gasteiger charge is -2.39. The number of ether oxygens (including phenoxy) is 2. The molecular weight excluding hydrogens is 557 g/mol. The van der Waals surface area contributed by atoms with Crippen molar-refractivity contribution >= 4 is 27.5 Å². The molecule has 0 radical (unpaired) electrons. The van der Waals surface area contributed by atoms with Crippen molar-refractivity contribution in [1.29, 1.82) is 0 Å². The largest absolute Gasteiger partial charge is 0.475 e. The first-order valence-electron chi connectivity index (χ1n) is 15.2. The second-order valence-corrected chi connectivity index (χ2v) is 12.3. The fraction of sp³-hybridized carbons (Fsp3) is 0.469. The zero-order valence-electron chi connectivity index (χ0n) is 24.0. The molecule has 2 aromatic heterocycles. The Morgan fingerprint density at radius 3 is 2.81 bits per heavy atom. The Bertz CT molecular complexity index is 1740. The molecule has 4 atom stereocenters. The third kappa shape index (κ3) is 4.30. The van der Waals surface area contributed by atoms with Crippen LogP contribution in [0.2, 0.25) is 0 Å². The third-order valence-corrected chi connectivity index (χ3v) is 9.75. The molecule has 4 aliphatic heterocycles. The predicted octanol–water partition coefficient (Wildman–Crippen LogP) is 5.03. The molecule has 8 nitrogen and oxygen atoms in total. The van der Waals surface area contributed by atoms with Gasteiger partial charge in [-0.25, -0.2) is 18.2 Å². The third-order valence-electron chi connectivity index (χ3n) is 9.75. The van der Waals surface area contributed by atoms with Gasteiger partial charge < -0.3 is 19.7 Å². The molecule has 6 heterocycles. The first-order chi connectivity index (χ1) is 20.9. The maximum Gasteiger partial charge on any atom is 0.319 e. The maximum atomic E-state index is 16.7. The predicted molar refractivity (Wildman–Crippen MR) is 157 cm³/mol. The van der Waals surface area contributed by atoms with Crippen LogP contribution in [0.4, 0.5) is 19.0 Å². The number of pyridine rings is 1. The van der Waals surface area contributed by atoms with Gasteiger partial charge in [0, 0.05) is 43.0 Å². The molecule has 11 heteroatoms. The molecule has 43 heavy (non-hydrogen) atoms. The lowest BCUT2D eigenvalue weighted by atomic mass is 9.95. The van der Waals surface area contributed by atoms with E-state index in [-0.39, 0.29) is 41.8 Å². The van der Waals surface area contributed by atoms with E-state index < -0.39 is 23.3 Å². The maximum absolute atomic E-state index is 16.7. The van der Waals surface area contributed by atoms with Crippen LogP contribution < -0.4 is 19.7 Å². The van der Waals surface area contributed by atoms with Crippen LogP contribution in [0.1, 0.15) is 32.6 Å². The van der Waals surface area contributed by atoms with Crippen molar-refractivity contribution in [1.82, 2.24) is 25.2 Å². The summed E-state index contributed by atoms with van der Waals surface area (Å²) in [7, 11) is 0. The lowest BCUT2D eigenvalue weighted by Crippen LogP contribution is -2.58. The molecule has 0 bridgehead atoms. The van der Waals surface area contributed by atoms with Gasteiger partial charge in [0.05, 0.1) is 11.6 Å². The zero-order valence-corrected chi connectivity index (χ0v) is 24.0. The van der Waals surface area contributed by atoms with Gasteiger partial charge in [-0.3, -0.25) is 4.90 Å². The summed E-state index contributed by atoms with van der Waals surface area (Å²) >= 11 is 0. The fourth-order valence-electron chi connectivity index (χ4n) is 7.50. The summed E-state index contributed by atoms with van der Waals surface area (Å²) in [4.78, 5) is 18.5. The van der Waals surface area contributed by atoms with Crippen LogP contribution in [-0.4, -0.2) is 83.0 Å². The number of nitrogens with zero attached hydrogens (tertiary/aromatic N) is 5. The van der Waals surface area contributed by atoms with Gasteiger partial charge >= 0.3 is 6.01 Å². The number of alkyl halides is 1. The van der Waals surface area contributed by atoms with Crippen molar-refractivity contribution in [3.63, 3.8) is 0 Å². The summed E-state index contributed by atoms with van der Waals surface area (Å²) < 4.78 is 58.4. The summed E-state index contributed by atoms with van der Waals surface area (Å²) in [5.74, 6) is -0.290. The SMILES string of the molecule is CC[C@@H]1CN2c3nc(OC[C@@]45CCCN4C[C@H](F)C5)nc4c(F)c(-c5ccc(F)c6ccccc56)nc(c34)OC[C@@H]2CN1. The van der Waals surface area contributed by atoms with Crippen LogP contribution in [0.5, 0.6) is 11.9 Å². The van der Waals surface area contributed by atoms with E-state index in [1.807, 2.05) is 0 Å². The summed E-state index contributed by atoms with van der Waals surface area (Å²) in [6.07, 6.45) is 2.25. The molecule has 0 amide bonds. The highest BCUT2D eigenvalue weighted by Crippen LogP contribution is 2.43. The van der Waals surface area contributed by atoms with Gasteiger partial charge in [0.15, 0.2) is 5.82 Å². The number of aromatic nitrogens is 3. The lowest BCUT2D eigenvalue weighted by molar-refractivity contribution is 0.107. The van der Waals surface area contributed by atoms with Gasteiger partial charge in [0.2, 0.25) is 5.88 Å². The van der Waals surface area contributed by atoms with E-state index in [2.05, 4.69) is 27.0 Å². The number of rotatable bonds is 5. The zero-order chi connectivity index (χ0) is 29.3. The van der Waals surface area contributed by atoms with E-state index in [0.717, 1.165) is 25.8 Å². The van der Waals surface area contributed by atoms with Gasteiger partial charge in [-0.05, 0) is 43.3 Å². The highest BCUT2D eigenvalue weighted by atomic mass is 19.1. The highest BCUT2D eigenvalue weighted by Gasteiger charge is 2.49. The summed E-state index contributed by atoms with van der Waals surface area (Å²) in [6.45, 7) is 5.24. The van der Waals surface area contributed by atoms with E-state index in [4.69, 9.17) is 19.4 Å². The van der Waals surface area contributed by atoms with E-state index >= 15 is 4.39 Å². The Labute approximate surface area is 247 Å². The molecule has 2 aromatic carbocycles. The van der Waals surface area contributed by atoms with Gasteiger partial charge in [-0.2, -0.15) is 9.97 Å². The van der Waals surface area contributed by atoms with Crippen LogP contribution >= 0.6 is 0 Å². The average Bonchev–Trinajstić information content (AvgIpc) is 3.50. The van der Waals surface area contributed by atoms with E-state index in [9.17, 15) is 8.78 Å². The second kappa shape index (κ2) is 10.2. The molecule has 3 saturated heterocycles. The number of hydrogen-bond acceptors (Lipinski definition) is 8. The molecule has 0 unspecified atom stereocenters. The molecule has 0 aliphatic carbocycles. The Balaban J connectivity index is 1.30. The molecule has 0 saturated carbocycles. The molecule has 4 aromatic rings. The van der Waals surface area contributed by atoms with Gasteiger partial charge in [-0.1, -0.05) is 31.2 Å². The van der Waals surface area contributed by atoms with E-state index in [1.165, 1.54) is 12.1 Å². The highest BCUT2D eigenvalue weighted by molar-refractivity contribution is 6.01. The number of fused-ring (bicyclic) bond motifs is 4. The van der Waals surface area contributed by atoms with E-state index in [1.54, 1.807) is 24.3 Å². The van der Waals surface area contributed by atoms with Crippen LogP contribution in [-0.2, 0) is 0 Å². The van der Waals surface area contributed by atoms with Crippen LogP contribution in [0.15, 0.2) is 36.4 Å². The molecule has 224 valence electrons. The number of anilines is 1. The normalized spacial score (nSPS) is 26.8. The van der Waals surface area contributed by atoms with Crippen molar-refractivity contribution in [2.24, 2.45) is 0 Å². The fourth-order valence-corrected chi connectivity index (χ4v) is 7.50. The van der Waals surface area contributed by atoms with Crippen LogP contribution in [0.3, 0.4) is 0 Å². The molecule has 3 fully saturated rings. The summed E-state index contributed by atoms with van der Waals surface area (Å²) in [5.41, 5.74) is 0.0977. The van der Waals surface area contributed by atoms with Crippen LogP contribution in [0, 0.1) is 11.6 Å². The van der Waals surface area contributed by atoms with Crippen molar-refractivity contribution in [2.75, 3.05) is 44.3 Å². The van der Waals surface area contributed by atoms with Crippen molar-refractivity contribution < 1.29 is 22.6 Å². The molecule has 8 rings (SSSR count). The smallest absolute Gasteiger partial charge is 0.319 e. The second-order valence-electron chi connectivity index (χ2n) is 12.3. The Kier molecular flexibility index (Phi) is 6.38. The van der Waals surface area contributed by atoms with Gasteiger partial charge in [0.1, 0.15) is 47.6 Å². The molecular formula is C32H33F3N6O2. The summed E-state index contributed by atoms with van der Waals surface area (Å²) in [6, 6.07) is 10.0. The Hall–Kier alpha value is -3.70. The minimum absolute atomic E-state index is 0.0235. The Morgan fingerprint density at radius 2 is 1.95 bits per heavy atom. The standard InChI is InChI=1S/C32H33F3N6O2/c1-2-19-15-41-20(13-36-19)16-42-30-25-28(26(35)27(37-30)23-8-9-24(34)22-7-4-3-6-21(22)23)38-31(39-29(25)41)43-17-32-10-5-11-40(32)14-18(33)12-32/h3-4,6-9,18-20,36H,2,5,10-17H2,1H3/t18-,19-,20+,32+/m1/s1. The number of benzene rings is 2. The molecule has 4 aliphatic rings. The minimum atomic E-state index is -0.894. The average molecular weight is 591 g/mol. The molecule has 0 spiro atoms. The monoisotopic (exact) mass is 590 g/mol. The summed E-state index contributed by atoms with van der Waals surface area (Å²) in [5, 5.41) is 4.87. The van der Waals surface area contributed by atoms with E-state index in [0.29, 0.717) is 60.2 Å². The van der Waals surface area contributed by atoms with Crippen molar-refractivity contribution in [2.45, 2.75) is 56.4 Å². The van der Waals surface area contributed by atoms with Gasteiger partial charge in [-0.15, -0.1) is 0 Å².